The highest BCUT2D eigenvalue weighted by Gasteiger charge is 2.03. The van der Waals surface area contributed by atoms with Crippen molar-refractivity contribution in [1.29, 1.82) is 0 Å². The van der Waals surface area contributed by atoms with Crippen LogP contribution in [0.25, 0.3) is 0 Å². The molecule has 2 rings (SSSR count). The van der Waals surface area contributed by atoms with Crippen LogP contribution >= 0.6 is 22.7 Å². The summed E-state index contributed by atoms with van der Waals surface area (Å²) < 4.78 is 0. The molecule has 2 aromatic rings. The fourth-order valence-electron chi connectivity index (χ4n) is 1.91. The zero-order valence-electron chi connectivity index (χ0n) is 13.3. The highest BCUT2D eigenvalue weighted by Crippen LogP contribution is 2.14. The summed E-state index contributed by atoms with van der Waals surface area (Å²) in [5.74, 6) is 0.836. The Morgan fingerprint density at radius 1 is 1.32 bits per heavy atom. The van der Waals surface area contributed by atoms with Crippen LogP contribution in [0.15, 0.2) is 16.6 Å². The molecule has 22 heavy (non-hydrogen) atoms. The molecule has 2 heterocycles. The normalized spacial score (nSPS) is 11.7. The van der Waals surface area contributed by atoms with Crippen molar-refractivity contribution >= 4 is 28.6 Å². The van der Waals surface area contributed by atoms with Crippen molar-refractivity contribution in [2.75, 3.05) is 13.1 Å². The van der Waals surface area contributed by atoms with Gasteiger partial charge in [-0.1, -0.05) is 6.92 Å². The van der Waals surface area contributed by atoms with Crippen molar-refractivity contribution in [1.82, 2.24) is 20.6 Å². The number of aliphatic imine (C=N–C) groups is 1. The lowest BCUT2D eigenvalue weighted by atomic mass is 10.3. The Hall–Kier alpha value is -1.47. The molecule has 0 radical (unpaired) electrons. The van der Waals surface area contributed by atoms with E-state index in [0.717, 1.165) is 47.6 Å². The molecule has 0 unspecified atom stereocenters. The molecule has 0 saturated carbocycles. The third kappa shape index (κ3) is 5.38. The van der Waals surface area contributed by atoms with E-state index >= 15 is 0 Å². The topological polar surface area (TPSA) is 62.2 Å². The minimum Gasteiger partial charge on any atom is -0.357 e. The Bertz CT molecular complexity index is 603. The van der Waals surface area contributed by atoms with Gasteiger partial charge in [-0.05, 0) is 20.3 Å². The van der Waals surface area contributed by atoms with E-state index < -0.39 is 0 Å². The first-order valence-corrected chi connectivity index (χ1v) is 9.27. The summed E-state index contributed by atoms with van der Waals surface area (Å²) in [6.07, 6.45) is 3.89. The summed E-state index contributed by atoms with van der Waals surface area (Å²) in [4.78, 5) is 14.8. The molecule has 0 aliphatic carbocycles. The summed E-state index contributed by atoms with van der Waals surface area (Å²) in [5, 5.41) is 10.9. The van der Waals surface area contributed by atoms with Crippen molar-refractivity contribution < 1.29 is 0 Å². The van der Waals surface area contributed by atoms with Crippen LogP contribution in [0.1, 0.15) is 34.4 Å². The Morgan fingerprint density at radius 2 is 2.18 bits per heavy atom. The second-order valence-electron chi connectivity index (χ2n) is 4.80. The summed E-state index contributed by atoms with van der Waals surface area (Å²) in [7, 11) is 0. The van der Waals surface area contributed by atoms with Crippen molar-refractivity contribution in [3.63, 3.8) is 0 Å². The summed E-state index contributed by atoms with van der Waals surface area (Å²) in [6, 6.07) is 0. The molecule has 0 atom stereocenters. The standard InChI is InChI=1S/C15H23N5S2/c1-4-13-8-18-14(22-13)9-19-15(16-5-2)17-7-6-12-10-21-11(3)20-12/h8,10H,4-7,9H2,1-3H3,(H2,16,17,19). The third-order valence-electron chi connectivity index (χ3n) is 3.01. The second-order valence-corrected chi connectivity index (χ2v) is 7.07. The van der Waals surface area contributed by atoms with E-state index in [4.69, 9.17) is 0 Å². The molecule has 0 aliphatic heterocycles. The van der Waals surface area contributed by atoms with Gasteiger partial charge in [0.05, 0.1) is 17.2 Å². The van der Waals surface area contributed by atoms with Crippen molar-refractivity contribution in [3.05, 3.63) is 32.2 Å². The van der Waals surface area contributed by atoms with E-state index in [0.29, 0.717) is 6.54 Å². The number of hydrogen-bond donors (Lipinski definition) is 2. The lowest BCUT2D eigenvalue weighted by molar-refractivity contribution is 0.789. The molecule has 120 valence electrons. The van der Waals surface area contributed by atoms with Gasteiger partial charge >= 0.3 is 0 Å². The molecular formula is C15H23N5S2. The molecule has 0 amide bonds. The van der Waals surface area contributed by atoms with Crippen molar-refractivity contribution in [2.24, 2.45) is 4.99 Å². The molecular weight excluding hydrogens is 314 g/mol. The Labute approximate surface area is 139 Å². The van der Waals surface area contributed by atoms with E-state index in [1.54, 1.807) is 22.7 Å². The smallest absolute Gasteiger partial charge is 0.191 e. The maximum atomic E-state index is 4.59. The maximum Gasteiger partial charge on any atom is 0.191 e. The van der Waals surface area contributed by atoms with Gasteiger partial charge < -0.3 is 10.6 Å². The van der Waals surface area contributed by atoms with Gasteiger partial charge in [-0.2, -0.15) is 0 Å². The quantitative estimate of drug-likeness (QED) is 0.602. The molecule has 0 fully saturated rings. The second kappa shape index (κ2) is 8.85. The predicted octanol–water partition coefficient (Wildman–Crippen LogP) is 2.77. The molecule has 5 nitrogen and oxygen atoms in total. The van der Waals surface area contributed by atoms with Crippen LogP contribution in [-0.4, -0.2) is 29.0 Å². The monoisotopic (exact) mass is 337 g/mol. The number of nitrogens with one attached hydrogen (secondary N) is 2. The predicted molar refractivity (Wildman–Crippen MR) is 94.9 cm³/mol. The Balaban J connectivity index is 1.83. The number of aromatic nitrogens is 2. The fourth-order valence-corrected chi connectivity index (χ4v) is 3.34. The van der Waals surface area contributed by atoms with E-state index in [2.05, 4.69) is 44.8 Å². The molecule has 0 saturated heterocycles. The van der Waals surface area contributed by atoms with Crippen LogP contribution in [0.4, 0.5) is 0 Å². The molecule has 0 spiro atoms. The number of hydrogen-bond acceptors (Lipinski definition) is 5. The van der Waals surface area contributed by atoms with Gasteiger partial charge in [0.1, 0.15) is 5.01 Å². The first-order valence-electron chi connectivity index (χ1n) is 7.58. The average molecular weight is 338 g/mol. The van der Waals surface area contributed by atoms with Gasteiger partial charge in [0.25, 0.3) is 0 Å². The minimum atomic E-state index is 0.621. The van der Waals surface area contributed by atoms with Gasteiger partial charge in [0, 0.05) is 36.0 Å². The lowest BCUT2D eigenvalue weighted by Crippen LogP contribution is -2.38. The molecule has 7 heteroatoms. The SMILES string of the molecule is CCNC(=NCc1ncc(CC)s1)NCCc1csc(C)n1. The molecule has 0 bridgehead atoms. The lowest BCUT2D eigenvalue weighted by Gasteiger charge is -2.10. The van der Waals surface area contributed by atoms with Gasteiger partial charge in [-0.3, -0.25) is 0 Å². The molecule has 0 aromatic carbocycles. The summed E-state index contributed by atoms with van der Waals surface area (Å²) in [6.45, 7) is 8.54. The van der Waals surface area contributed by atoms with E-state index in [1.807, 2.05) is 13.1 Å². The van der Waals surface area contributed by atoms with Crippen LogP contribution in [0.5, 0.6) is 0 Å². The van der Waals surface area contributed by atoms with Crippen LogP contribution in [0.2, 0.25) is 0 Å². The van der Waals surface area contributed by atoms with E-state index in [-0.39, 0.29) is 0 Å². The molecule has 2 N–H and O–H groups in total. The van der Waals surface area contributed by atoms with Crippen LogP contribution < -0.4 is 10.6 Å². The van der Waals surface area contributed by atoms with Crippen molar-refractivity contribution in [3.8, 4) is 0 Å². The maximum absolute atomic E-state index is 4.59. The zero-order valence-corrected chi connectivity index (χ0v) is 15.0. The molecule has 2 aromatic heterocycles. The number of nitrogens with zero attached hydrogens (tertiary/aromatic N) is 3. The van der Waals surface area contributed by atoms with Crippen LogP contribution in [-0.2, 0) is 19.4 Å². The highest BCUT2D eigenvalue weighted by molar-refractivity contribution is 7.11. The number of aryl methyl sites for hydroxylation is 2. The first-order chi connectivity index (χ1) is 10.7. The van der Waals surface area contributed by atoms with E-state index in [1.165, 1.54) is 4.88 Å². The van der Waals surface area contributed by atoms with Gasteiger partial charge in [-0.25, -0.2) is 15.0 Å². The zero-order chi connectivity index (χ0) is 15.8. The summed E-state index contributed by atoms with van der Waals surface area (Å²) in [5.41, 5.74) is 1.14. The Morgan fingerprint density at radius 3 is 2.82 bits per heavy atom. The van der Waals surface area contributed by atoms with E-state index in [9.17, 15) is 0 Å². The number of guanidine groups is 1. The van der Waals surface area contributed by atoms with Gasteiger partial charge in [0.2, 0.25) is 0 Å². The third-order valence-corrected chi connectivity index (χ3v) is 4.96. The highest BCUT2D eigenvalue weighted by atomic mass is 32.1. The summed E-state index contributed by atoms with van der Waals surface area (Å²) >= 11 is 3.43. The Kier molecular flexibility index (Phi) is 6.79. The van der Waals surface area contributed by atoms with Crippen LogP contribution in [0.3, 0.4) is 0 Å². The average Bonchev–Trinajstić information content (AvgIpc) is 3.13. The number of rotatable bonds is 7. The molecule has 0 aliphatic rings. The fraction of sp³-hybridized carbons (Fsp3) is 0.533. The van der Waals surface area contributed by atoms with Gasteiger partial charge in [-0.15, -0.1) is 22.7 Å². The first kappa shape index (κ1) is 16.9. The van der Waals surface area contributed by atoms with Gasteiger partial charge in [0.15, 0.2) is 5.96 Å². The van der Waals surface area contributed by atoms with Crippen LogP contribution in [0, 0.1) is 6.92 Å². The number of thiazole rings is 2. The minimum absolute atomic E-state index is 0.621. The largest absolute Gasteiger partial charge is 0.357 e. The van der Waals surface area contributed by atoms with Crippen molar-refractivity contribution in [2.45, 2.75) is 40.2 Å².